The van der Waals surface area contributed by atoms with E-state index in [4.69, 9.17) is 21.1 Å². The minimum atomic E-state index is -0.577. The van der Waals surface area contributed by atoms with Gasteiger partial charge in [-0.25, -0.2) is 10.2 Å². The number of hydrazone groups is 1. The van der Waals surface area contributed by atoms with E-state index in [2.05, 4.69) is 22.8 Å². The number of unbranched alkanes of at least 4 members (excludes halogenated alkanes) is 3. The highest BCUT2D eigenvalue weighted by atomic mass is 35.5. The zero-order chi connectivity index (χ0) is 22.6. The predicted molar refractivity (Wildman–Crippen MR) is 120 cm³/mol. The molecule has 0 aliphatic rings. The van der Waals surface area contributed by atoms with Crippen LogP contribution in [0.1, 0.15) is 38.2 Å². The number of nitro benzene ring substituents is 1. The summed E-state index contributed by atoms with van der Waals surface area (Å²) in [6, 6.07) is 8.84. The van der Waals surface area contributed by atoms with Crippen molar-refractivity contribution in [2.75, 3.05) is 19.0 Å². The molecule has 10 heteroatoms. The van der Waals surface area contributed by atoms with Crippen molar-refractivity contribution in [1.82, 2.24) is 5.43 Å². The van der Waals surface area contributed by atoms with Crippen molar-refractivity contribution < 1.29 is 19.2 Å². The zero-order valence-electron chi connectivity index (χ0n) is 17.4. The Balaban J connectivity index is 2.06. The molecule has 2 rings (SSSR count). The van der Waals surface area contributed by atoms with E-state index >= 15 is 0 Å². The summed E-state index contributed by atoms with van der Waals surface area (Å²) >= 11 is 5.80. The molecule has 2 aromatic carbocycles. The van der Waals surface area contributed by atoms with E-state index in [1.54, 1.807) is 30.3 Å². The molecule has 0 aromatic heterocycles. The van der Waals surface area contributed by atoms with Gasteiger partial charge in [0.25, 0.3) is 0 Å². The summed E-state index contributed by atoms with van der Waals surface area (Å²) < 4.78 is 10.9. The SMILES string of the molecule is CCCCCCOc1c(OC)cc(/C=N\NC(=O)Nc2ccc(Cl)cc2)cc1[N+](=O)[O-]. The van der Waals surface area contributed by atoms with Gasteiger partial charge in [0.15, 0.2) is 5.75 Å². The van der Waals surface area contributed by atoms with E-state index in [9.17, 15) is 14.9 Å². The van der Waals surface area contributed by atoms with E-state index in [-0.39, 0.29) is 17.2 Å². The molecule has 0 unspecified atom stereocenters. The van der Waals surface area contributed by atoms with Crippen molar-refractivity contribution in [3.8, 4) is 11.5 Å². The van der Waals surface area contributed by atoms with Gasteiger partial charge in [-0.2, -0.15) is 5.10 Å². The Morgan fingerprint density at radius 1 is 1.23 bits per heavy atom. The largest absolute Gasteiger partial charge is 0.493 e. The van der Waals surface area contributed by atoms with E-state index in [0.29, 0.717) is 22.9 Å². The number of carbonyl (C=O) groups is 1. The van der Waals surface area contributed by atoms with Gasteiger partial charge in [-0.1, -0.05) is 37.8 Å². The number of urea groups is 1. The number of amides is 2. The standard InChI is InChI=1S/C21H25ClN4O5/c1-3-4-5-6-11-31-20-18(26(28)29)12-15(13-19(20)30-2)14-23-25-21(27)24-17-9-7-16(22)8-10-17/h7-10,12-14H,3-6,11H2,1-2H3,(H2,24,25,27)/b23-14-. The molecule has 0 spiro atoms. The second-order valence-electron chi connectivity index (χ2n) is 6.57. The molecule has 0 heterocycles. The molecule has 2 amide bonds. The van der Waals surface area contributed by atoms with Crippen LogP contribution in [0.3, 0.4) is 0 Å². The highest BCUT2D eigenvalue weighted by Crippen LogP contribution is 2.38. The summed E-state index contributed by atoms with van der Waals surface area (Å²) in [5.74, 6) is 0.298. The molecule has 0 saturated heterocycles. The molecule has 0 aliphatic heterocycles. The van der Waals surface area contributed by atoms with Crippen molar-refractivity contribution in [1.29, 1.82) is 0 Å². The maximum absolute atomic E-state index is 11.9. The van der Waals surface area contributed by atoms with Crippen LogP contribution in [-0.2, 0) is 0 Å². The number of nitrogens with zero attached hydrogens (tertiary/aromatic N) is 2. The average Bonchev–Trinajstić information content (AvgIpc) is 2.75. The Morgan fingerprint density at radius 2 is 1.97 bits per heavy atom. The van der Waals surface area contributed by atoms with Crippen LogP contribution in [0.15, 0.2) is 41.5 Å². The van der Waals surface area contributed by atoms with E-state index in [1.807, 2.05) is 0 Å². The van der Waals surface area contributed by atoms with Crippen LogP contribution in [0.5, 0.6) is 11.5 Å². The molecule has 0 bridgehead atoms. The van der Waals surface area contributed by atoms with Gasteiger partial charge in [0, 0.05) is 22.3 Å². The lowest BCUT2D eigenvalue weighted by Crippen LogP contribution is -2.24. The van der Waals surface area contributed by atoms with Crippen LogP contribution in [0, 0.1) is 10.1 Å². The summed E-state index contributed by atoms with van der Waals surface area (Å²) in [4.78, 5) is 22.9. The highest BCUT2D eigenvalue weighted by Gasteiger charge is 2.22. The molecule has 0 fully saturated rings. The Kier molecular flexibility index (Phi) is 9.57. The smallest absolute Gasteiger partial charge is 0.339 e. The number of halogens is 1. The molecule has 0 saturated carbocycles. The lowest BCUT2D eigenvalue weighted by atomic mass is 10.1. The molecular formula is C21H25ClN4O5. The van der Waals surface area contributed by atoms with Gasteiger partial charge in [0.05, 0.1) is 24.9 Å². The minimum Gasteiger partial charge on any atom is -0.493 e. The van der Waals surface area contributed by atoms with Crippen molar-refractivity contribution in [3.05, 3.63) is 57.1 Å². The number of ether oxygens (including phenoxy) is 2. The van der Waals surface area contributed by atoms with Gasteiger partial charge in [-0.3, -0.25) is 10.1 Å². The molecule has 0 atom stereocenters. The summed E-state index contributed by atoms with van der Waals surface area (Å²) in [6.45, 7) is 2.46. The van der Waals surface area contributed by atoms with E-state index < -0.39 is 11.0 Å². The fourth-order valence-corrected chi connectivity index (χ4v) is 2.80. The van der Waals surface area contributed by atoms with Gasteiger partial charge in [-0.05, 0) is 36.8 Å². The van der Waals surface area contributed by atoms with Crippen molar-refractivity contribution in [2.45, 2.75) is 32.6 Å². The van der Waals surface area contributed by atoms with Gasteiger partial charge < -0.3 is 14.8 Å². The van der Waals surface area contributed by atoms with Crippen molar-refractivity contribution in [3.63, 3.8) is 0 Å². The van der Waals surface area contributed by atoms with Gasteiger partial charge in [0.1, 0.15) is 0 Å². The minimum absolute atomic E-state index is 0.0783. The van der Waals surface area contributed by atoms with Gasteiger partial charge in [-0.15, -0.1) is 0 Å². The number of anilines is 1. The Hall–Kier alpha value is -3.33. The average molecular weight is 449 g/mol. The summed E-state index contributed by atoms with van der Waals surface area (Å²) in [5, 5.41) is 18.5. The van der Waals surface area contributed by atoms with Gasteiger partial charge >= 0.3 is 11.7 Å². The lowest BCUT2D eigenvalue weighted by molar-refractivity contribution is -0.386. The van der Waals surface area contributed by atoms with Crippen molar-refractivity contribution >= 4 is 35.2 Å². The molecular weight excluding hydrogens is 424 g/mol. The van der Waals surface area contributed by atoms with Crippen LogP contribution >= 0.6 is 11.6 Å². The quantitative estimate of drug-likeness (QED) is 0.207. The third-order valence-corrected chi connectivity index (χ3v) is 4.45. The molecule has 31 heavy (non-hydrogen) atoms. The van der Waals surface area contributed by atoms with Crippen LogP contribution < -0.4 is 20.2 Å². The number of nitrogens with one attached hydrogen (secondary N) is 2. The number of rotatable bonds is 11. The molecule has 0 aliphatic carbocycles. The maximum atomic E-state index is 11.9. The predicted octanol–water partition coefficient (Wildman–Crippen LogP) is 5.37. The first-order chi connectivity index (χ1) is 14.9. The van der Waals surface area contributed by atoms with Crippen LogP contribution in [0.4, 0.5) is 16.2 Å². The molecule has 9 nitrogen and oxygen atoms in total. The first kappa shape index (κ1) is 23.9. The molecule has 2 N–H and O–H groups in total. The van der Waals surface area contributed by atoms with Crippen molar-refractivity contribution in [2.24, 2.45) is 5.10 Å². The van der Waals surface area contributed by atoms with Crippen LogP contribution in [-0.4, -0.2) is 30.9 Å². The molecule has 2 aromatic rings. The number of carbonyl (C=O) groups excluding carboxylic acids is 1. The van der Waals surface area contributed by atoms with E-state index in [0.717, 1.165) is 25.7 Å². The van der Waals surface area contributed by atoms with E-state index in [1.165, 1.54) is 19.4 Å². The first-order valence-electron chi connectivity index (χ1n) is 9.79. The second kappa shape index (κ2) is 12.4. The number of hydrogen-bond acceptors (Lipinski definition) is 6. The summed E-state index contributed by atoms with van der Waals surface area (Å²) in [5.41, 5.74) is 2.97. The lowest BCUT2D eigenvalue weighted by Gasteiger charge is -2.12. The third kappa shape index (κ3) is 7.78. The monoisotopic (exact) mass is 448 g/mol. The maximum Gasteiger partial charge on any atom is 0.339 e. The zero-order valence-corrected chi connectivity index (χ0v) is 18.1. The van der Waals surface area contributed by atoms with Gasteiger partial charge in [0.2, 0.25) is 5.75 Å². The molecule has 0 radical (unpaired) electrons. The number of benzene rings is 2. The highest BCUT2D eigenvalue weighted by molar-refractivity contribution is 6.30. The molecule has 166 valence electrons. The second-order valence-corrected chi connectivity index (χ2v) is 7.01. The first-order valence-corrected chi connectivity index (χ1v) is 10.2. The normalized spacial score (nSPS) is 10.7. The number of nitro groups is 1. The third-order valence-electron chi connectivity index (χ3n) is 4.20. The van der Waals surface area contributed by atoms with Crippen LogP contribution in [0.2, 0.25) is 5.02 Å². The Bertz CT molecular complexity index is 919. The Labute approximate surface area is 185 Å². The summed E-state index contributed by atoms with van der Waals surface area (Å²) in [6.07, 6.45) is 5.23. The number of hydrogen-bond donors (Lipinski definition) is 2. The summed E-state index contributed by atoms with van der Waals surface area (Å²) in [7, 11) is 1.40. The Morgan fingerprint density at radius 3 is 2.61 bits per heavy atom. The number of methoxy groups -OCH3 is 1. The fourth-order valence-electron chi connectivity index (χ4n) is 2.68. The topological polar surface area (TPSA) is 115 Å². The van der Waals surface area contributed by atoms with Crippen LogP contribution in [0.25, 0.3) is 0 Å². The fraction of sp³-hybridized carbons (Fsp3) is 0.333.